The van der Waals surface area contributed by atoms with Crippen LogP contribution in [-0.2, 0) is 23.9 Å². The Morgan fingerprint density at radius 2 is 1.46 bits per heavy atom. The average molecular weight is 345 g/mol. The summed E-state index contributed by atoms with van der Waals surface area (Å²) < 4.78 is 9.24. The van der Waals surface area contributed by atoms with Crippen molar-refractivity contribution >= 4 is 18.3 Å². The molecule has 7 nitrogen and oxygen atoms in total. The molecule has 1 amide bonds. The first-order valence-corrected chi connectivity index (χ1v) is 8.72. The van der Waals surface area contributed by atoms with Crippen molar-refractivity contribution in [3.63, 3.8) is 0 Å². The van der Waals surface area contributed by atoms with Gasteiger partial charge in [0.05, 0.1) is 0 Å². The van der Waals surface area contributed by atoms with E-state index in [9.17, 15) is 14.4 Å². The summed E-state index contributed by atoms with van der Waals surface area (Å²) in [6.07, 6.45) is 9.70. The Morgan fingerprint density at radius 3 is 1.92 bits per heavy atom. The van der Waals surface area contributed by atoms with E-state index in [0.717, 1.165) is 32.3 Å². The number of hydrogen-bond acceptors (Lipinski definition) is 5. The Kier molecular flexibility index (Phi) is 15.1. The van der Waals surface area contributed by atoms with Crippen LogP contribution in [0.2, 0.25) is 0 Å². The van der Waals surface area contributed by atoms with Crippen molar-refractivity contribution in [2.45, 2.75) is 70.3 Å². The molecule has 24 heavy (non-hydrogen) atoms. The molecule has 0 aliphatic carbocycles. The predicted molar refractivity (Wildman–Crippen MR) is 89.6 cm³/mol. The molecular weight excluding hydrogens is 314 g/mol. The molecule has 0 aliphatic heterocycles. The third kappa shape index (κ3) is 12.9. The van der Waals surface area contributed by atoms with Crippen molar-refractivity contribution in [3.05, 3.63) is 0 Å². The van der Waals surface area contributed by atoms with Gasteiger partial charge in [0.1, 0.15) is 0 Å². The molecule has 0 radical (unpaired) electrons. The number of nitrogens with one attached hydrogen (secondary N) is 1. The fraction of sp³-hybridized carbons (Fsp3) is 0.824. The Bertz CT molecular complexity index is 348. The highest BCUT2D eigenvalue weighted by Crippen LogP contribution is 2.10. The molecule has 0 rings (SSSR count). The van der Waals surface area contributed by atoms with Gasteiger partial charge in [0.25, 0.3) is 18.5 Å². The van der Waals surface area contributed by atoms with Crippen molar-refractivity contribution in [2.75, 3.05) is 20.3 Å². The van der Waals surface area contributed by atoms with Crippen LogP contribution < -0.4 is 5.32 Å². The molecule has 0 bridgehead atoms. The molecule has 0 heterocycles. The summed E-state index contributed by atoms with van der Waals surface area (Å²) in [4.78, 5) is 32.3. The van der Waals surface area contributed by atoms with E-state index < -0.39 is 18.0 Å². The lowest BCUT2D eigenvalue weighted by molar-refractivity contribution is -0.162. The third-order valence-corrected chi connectivity index (χ3v) is 3.73. The quantitative estimate of drug-likeness (QED) is 0.238. The van der Waals surface area contributed by atoms with Gasteiger partial charge in [0.2, 0.25) is 0 Å². The predicted octanol–water partition coefficient (Wildman–Crippen LogP) is 2.28. The number of methoxy groups -OCH3 is 1. The topological polar surface area (TPSA) is 102 Å². The van der Waals surface area contributed by atoms with Crippen molar-refractivity contribution in [2.24, 2.45) is 0 Å². The van der Waals surface area contributed by atoms with Crippen LogP contribution in [0.25, 0.3) is 0 Å². The normalized spacial score (nSPS) is 11.7. The lowest BCUT2D eigenvalue weighted by atomic mass is 10.1. The fourth-order valence-corrected chi connectivity index (χ4v) is 2.38. The Labute approximate surface area is 144 Å². The first-order chi connectivity index (χ1) is 11.6. The van der Waals surface area contributed by atoms with Gasteiger partial charge < -0.3 is 19.9 Å². The number of carbonyl (C=O) groups excluding carboxylic acids is 2. The number of amides is 1. The second-order valence-electron chi connectivity index (χ2n) is 5.77. The lowest BCUT2D eigenvalue weighted by Crippen LogP contribution is -2.41. The maximum atomic E-state index is 11.5. The van der Waals surface area contributed by atoms with Gasteiger partial charge in [0, 0.05) is 20.3 Å². The van der Waals surface area contributed by atoms with Crippen LogP contribution in [0.4, 0.5) is 0 Å². The van der Waals surface area contributed by atoms with Crippen LogP contribution in [-0.4, -0.2) is 49.8 Å². The van der Waals surface area contributed by atoms with Gasteiger partial charge in [-0.3, -0.25) is 9.59 Å². The van der Waals surface area contributed by atoms with Crippen LogP contribution in [0.3, 0.4) is 0 Å². The van der Waals surface area contributed by atoms with Gasteiger partial charge in [-0.05, 0) is 12.8 Å². The minimum atomic E-state index is -1.76. The summed E-state index contributed by atoms with van der Waals surface area (Å²) in [5.74, 6) is -2.26. The maximum absolute atomic E-state index is 11.5. The summed E-state index contributed by atoms with van der Waals surface area (Å²) in [5.41, 5.74) is 0. The van der Waals surface area contributed by atoms with Crippen LogP contribution >= 0.6 is 0 Å². The number of carbonyl (C=O) groups is 3. The molecule has 0 saturated carbocycles. The summed E-state index contributed by atoms with van der Waals surface area (Å²) in [7, 11) is 1.73. The van der Waals surface area contributed by atoms with E-state index in [4.69, 9.17) is 9.84 Å². The fourth-order valence-electron chi connectivity index (χ4n) is 2.38. The van der Waals surface area contributed by atoms with Gasteiger partial charge in [-0.15, -0.1) is 0 Å². The monoisotopic (exact) mass is 345 g/mol. The zero-order chi connectivity index (χ0) is 18.0. The maximum Gasteiger partial charge on any atom is 0.355 e. The van der Waals surface area contributed by atoms with Crippen LogP contribution in [0, 0.1) is 0 Å². The van der Waals surface area contributed by atoms with Crippen molar-refractivity contribution < 1.29 is 29.0 Å². The number of unbranched alkanes of at least 4 members (excludes halogenated alkanes) is 9. The molecule has 2 N–H and O–H groups in total. The molecule has 1 atom stereocenters. The van der Waals surface area contributed by atoms with E-state index in [0.29, 0.717) is 6.54 Å². The third-order valence-electron chi connectivity index (χ3n) is 3.73. The Hall–Kier alpha value is -1.63. The molecule has 7 heteroatoms. The van der Waals surface area contributed by atoms with Crippen LogP contribution in [0.15, 0.2) is 0 Å². The number of carboxylic acids is 1. The van der Waals surface area contributed by atoms with Gasteiger partial charge in [-0.2, -0.15) is 0 Å². The molecule has 0 aromatic heterocycles. The van der Waals surface area contributed by atoms with E-state index >= 15 is 0 Å². The highest BCUT2D eigenvalue weighted by molar-refractivity contribution is 6.00. The molecule has 1 unspecified atom stereocenters. The molecule has 0 fully saturated rings. The van der Waals surface area contributed by atoms with Crippen LogP contribution in [0.1, 0.15) is 64.2 Å². The van der Waals surface area contributed by atoms with Gasteiger partial charge in [0.15, 0.2) is 0 Å². The molecular formula is C17H31NO6. The summed E-state index contributed by atoms with van der Waals surface area (Å²) >= 11 is 0. The van der Waals surface area contributed by atoms with Crippen molar-refractivity contribution in [1.29, 1.82) is 0 Å². The average Bonchev–Trinajstić information content (AvgIpc) is 2.56. The summed E-state index contributed by atoms with van der Waals surface area (Å²) in [5, 5.41) is 11.2. The second kappa shape index (κ2) is 16.2. The zero-order valence-corrected chi connectivity index (χ0v) is 14.6. The molecule has 0 aromatic carbocycles. The number of aliphatic carboxylic acids is 1. The minimum absolute atomic E-state index is 0.0318. The standard InChI is InChI=1S/C17H31NO6/c1-23-13-11-9-7-5-3-2-4-6-8-10-12-18-16(20)15(17(21)22)24-14-19/h14-15H,2-13H2,1H3,(H,18,20)(H,21,22). The Balaban J connectivity index is 3.40. The minimum Gasteiger partial charge on any atom is -0.478 e. The first-order valence-electron chi connectivity index (χ1n) is 8.72. The molecule has 0 saturated heterocycles. The van der Waals surface area contributed by atoms with E-state index in [2.05, 4.69) is 10.1 Å². The number of carboxylic acid groups (broad SMARTS) is 1. The SMILES string of the molecule is COCCCCCCCCCCCCNC(=O)C(OC=O)C(=O)O. The van der Waals surface area contributed by atoms with E-state index in [1.807, 2.05) is 0 Å². The number of hydrogen-bond donors (Lipinski definition) is 2. The lowest BCUT2D eigenvalue weighted by Gasteiger charge is -2.10. The highest BCUT2D eigenvalue weighted by atomic mass is 16.6. The van der Waals surface area contributed by atoms with E-state index in [1.54, 1.807) is 7.11 Å². The van der Waals surface area contributed by atoms with Gasteiger partial charge in [-0.25, -0.2) is 4.79 Å². The first kappa shape index (κ1) is 22.4. The second-order valence-corrected chi connectivity index (χ2v) is 5.77. The van der Waals surface area contributed by atoms with E-state index in [-0.39, 0.29) is 6.47 Å². The molecule has 140 valence electrons. The van der Waals surface area contributed by atoms with E-state index in [1.165, 1.54) is 38.5 Å². The van der Waals surface area contributed by atoms with Gasteiger partial charge in [-0.1, -0.05) is 51.4 Å². The smallest absolute Gasteiger partial charge is 0.355 e. The Morgan fingerprint density at radius 1 is 0.958 bits per heavy atom. The van der Waals surface area contributed by atoms with Crippen molar-refractivity contribution in [3.8, 4) is 0 Å². The molecule has 0 spiro atoms. The van der Waals surface area contributed by atoms with Crippen molar-refractivity contribution in [1.82, 2.24) is 5.32 Å². The highest BCUT2D eigenvalue weighted by Gasteiger charge is 2.27. The number of rotatable bonds is 17. The summed E-state index contributed by atoms with van der Waals surface area (Å²) in [6, 6.07) is 0. The van der Waals surface area contributed by atoms with Gasteiger partial charge >= 0.3 is 5.97 Å². The van der Waals surface area contributed by atoms with Crippen LogP contribution in [0.5, 0.6) is 0 Å². The summed E-state index contributed by atoms with van der Waals surface area (Å²) in [6.45, 7) is 1.21. The largest absolute Gasteiger partial charge is 0.478 e. The zero-order valence-electron chi connectivity index (χ0n) is 14.6. The molecule has 0 aliphatic rings. The molecule has 0 aromatic rings. The number of ether oxygens (including phenoxy) is 2.